The van der Waals surface area contributed by atoms with Crippen LogP contribution in [0.3, 0.4) is 0 Å². The summed E-state index contributed by atoms with van der Waals surface area (Å²) in [6.45, 7) is 1.93. The standard InChI is InChI=1S/C21H15N3O2/c1-11-16-12-6-2-4-8-14(12)23-19(16)20-18(17(11)21(26)22-10-25)13-7-3-5-9-15(13)24-20/h2-10,23-24H,1H3,(H,22,25,26). The van der Waals surface area contributed by atoms with E-state index in [-0.39, 0.29) is 5.91 Å². The van der Waals surface area contributed by atoms with E-state index < -0.39 is 0 Å². The van der Waals surface area contributed by atoms with Crippen LogP contribution in [0.4, 0.5) is 0 Å². The van der Waals surface area contributed by atoms with Crippen molar-refractivity contribution in [1.82, 2.24) is 15.3 Å². The molecule has 2 amide bonds. The zero-order chi connectivity index (χ0) is 17.8. The fourth-order valence-corrected chi connectivity index (χ4v) is 4.03. The number of carbonyl (C=O) groups is 2. The van der Waals surface area contributed by atoms with Gasteiger partial charge in [-0.3, -0.25) is 14.9 Å². The predicted molar refractivity (Wildman–Crippen MR) is 103 cm³/mol. The average Bonchev–Trinajstić information content (AvgIpc) is 3.21. The Bertz CT molecular complexity index is 1360. The van der Waals surface area contributed by atoms with Crippen molar-refractivity contribution >= 4 is 55.9 Å². The van der Waals surface area contributed by atoms with E-state index in [2.05, 4.69) is 15.3 Å². The highest BCUT2D eigenvalue weighted by Gasteiger charge is 2.23. The van der Waals surface area contributed by atoms with Crippen molar-refractivity contribution in [1.29, 1.82) is 0 Å². The third-order valence-electron chi connectivity index (χ3n) is 5.08. The van der Waals surface area contributed by atoms with Crippen LogP contribution in [0.15, 0.2) is 48.5 Å². The molecule has 0 fully saturated rings. The SMILES string of the molecule is Cc1c(C(=O)NC=O)c2c3ccccc3[nH]c2c2[nH]c3ccccc3c12. The topological polar surface area (TPSA) is 77.8 Å². The summed E-state index contributed by atoms with van der Waals surface area (Å²) in [5.41, 5.74) is 5.19. The van der Waals surface area contributed by atoms with Crippen LogP contribution in [-0.2, 0) is 4.79 Å². The molecule has 5 rings (SSSR count). The smallest absolute Gasteiger partial charge is 0.258 e. The second-order valence-electron chi connectivity index (χ2n) is 6.43. The highest BCUT2D eigenvalue weighted by molar-refractivity contribution is 6.29. The number of carbonyl (C=O) groups excluding carboxylic acids is 2. The number of aromatic amines is 2. The normalized spacial score (nSPS) is 11.6. The van der Waals surface area contributed by atoms with E-state index in [4.69, 9.17) is 0 Å². The number of hydrogen-bond acceptors (Lipinski definition) is 2. The summed E-state index contributed by atoms with van der Waals surface area (Å²) in [6.07, 6.45) is 0.432. The number of nitrogens with one attached hydrogen (secondary N) is 3. The van der Waals surface area contributed by atoms with Crippen LogP contribution >= 0.6 is 0 Å². The molecule has 5 nitrogen and oxygen atoms in total. The molecule has 0 aliphatic rings. The maximum absolute atomic E-state index is 12.8. The van der Waals surface area contributed by atoms with Crippen LogP contribution in [0.1, 0.15) is 15.9 Å². The first-order chi connectivity index (χ1) is 12.7. The van der Waals surface area contributed by atoms with Crippen molar-refractivity contribution in [3.05, 3.63) is 59.7 Å². The van der Waals surface area contributed by atoms with Crippen molar-refractivity contribution in [2.45, 2.75) is 6.92 Å². The van der Waals surface area contributed by atoms with E-state index in [0.29, 0.717) is 12.0 Å². The molecule has 0 radical (unpaired) electrons. The summed E-state index contributed by atoms with van der Waals surface area (Å²) in [5, 5.41) is 6.15. The molecule has 5 heteroatoms. The fourth-order valence-electron chi connectivity index (χ4n) is 4.03. The summed E-state index contributed by atoms with van der Waals surface area (Å²) in [4.78, 5) is 30.6. The second kappa shape index (κ2) is 5.20. The molecule has 0 saturated carbocycles. The fraction of sp³-hybridized carbons (Fsp3) is 0.0476. The molecule has 0 bridgehead atoms. The molecule has 126 valence electrons. The van der Waals surface area contributed by atoms with E-state index in [1.807, 2.05) is 55.5 Å². The van der Waals surface area contributed by atoms with Crippen LogP contribution in [0, 0.1) is 6.92 Å². The predicted octanol–water partition coefficient (Wildman–Crippen LogP) is 4.15. The molecular formula is C21H15N3O2. The monoisotopic (exact) mass is 341 g/mol. The van der Waals surface area contributed by atoms with Gasteiger partial charge in [-0.2, -0.15) is 0 Å². The van der Waals surface area contributed by atoms with Crippen LogP contribution < -0.4 is 5.32 Å². The van der Waals surface area contributed by atoms with E-state index in [1.165, 1.54) is 0 Å². The Morgan fingerprint density at radius 3 is 2.04 bits per heavy atom. The zero-order valence-electron chi connectivity index (χ0n) is 14.0. The first kappa shape index (κ1) is 14.7. The van der Waals surface area contributed by atoms with Gasteiger partial charge < -0.3 is 9.97 Å². The molecule has 0 unspecified atom stereocenters. The van der Waals surface area contributed by atoms with Gasteiger partial charge in [0.05, 0.1) is 16.6 Å². The number of para-hydroxylation sites is 2. The van der Waals surface area contributed by atoms with Crippen molar-refractivity contribution in [2.75, 3.05) is 0 Å². The number of imide groups is 1. The Morgan fingerprint density at radius 1 is 0.885 bits per heavy atom. The molecule has 0 aliphatic carbocycles. The first-order valence-corrected chi connectivity index (χ1v) is 8.38. The summed E-state index contributed by atoms with van der Waals surface area (Å²) in [7, 11) is 0. The van der Waals surface area contributed by atoms with Gasteiger partial charge in [-0.1, -0.05) is 36.4 Å². The molecule has 0 atom stereocenters. The van der Waals surface area contributed by atoms with E-state index in [1.54, 1.807) is 0 Å². The van der Waals surface area contributed by atoms with Gasteiger partial charge in [0, 0.05) is 32.6 Å². The van der Waals surface area contributed by atoms with Crippen LogP contribution in [0.5, 0.6) is 0 Å². The lowest BCUT2D eigenvalue weighted by molar-refractivity contribution is -0.108. The zero-order valence-corrected chi connectivity index (χ0v) is 14.0. The van der Waals surface area contributed by atoms with Crippen LogP contribution in [0.2, 0.25) is 0 Å². The van der Waals surface area contributed by atoms with E-state index >= 15 is 0 Å². The lowest BCUT2D eigenvalue weighted by Gasteiger charge is -2.09. The molecular weight excluding hydrogens is 326 g/mol. The maximum Gasteiger partial charge on any atom is 0.258 e. The minimum absolute atomic E-state index is 0.389. The number of fused-ring (bicyclic) bond motifs is 7. The number of aromatic nitrogens is 2. The number of H-pyrrole nitrogens is 2. The van der Waals surface area contributed by atoms with Gasteiger partial charge in [0.2, 0.25) is 6.41 Å². The Balaban J connectivity index is 2.10. The number of rotatable bonds is 2. The van der Waals surface area contributed by atoms with Crippen molar-refractivity contribution in [3.8, 4) is 0 Å². The molecule has 0 spiro atoms. The number of hydrogen-bond donors (Lipinski definition) is 3. The summed E-state index contributed by atoms with van der Waals surface area (Å²) in [5.74, 6) is -0.389. The van der Waals surface area contributed by atoms with Gasteiger partial charge in [0.1, 0.15) is 0 Å². The van der Waals surface area contributed by atoms with Gasteiger partial charge in [-0.15, -0.1) is 0 Å². The minimum Gasteiger partial charge on any atom is -0.353 e. The quantitative estimate of drug-likeness (QED) is 0.422. The first-order valence-electron chi connectivity index (χ1n) is 8.38. The molecule has 26 heavy (non-hydrogen) atoms. The van der Waals surface area contributed by atoms with Crippen LogP contribution in [0.25, 0.3) is 43.6 Å². The third kappa shape index (κ3) is 1.80. The number of amides is 2. The Morgan fingerprint density at radius 2 is 1.42 bits per heavy atom. The highest BCUT2D eigenvalue weighted by Crippen LogP contribution is 2.39. The Kier molecular flexibility index (Phi) is 2.94. The maximum atomic E-state index is 12.8. The average molecular weight is 341 g/mol. The minimum atomic E-state index is -0.389. The lowest BCUT2D eigenvalue weighted by Crippen LogP contribution is -2.22. The summed E-state index contributed by atoms with van der Waals surface area (Å²) >= 11 is 0. The molecule has 5 aromatic rings. The van der Waals surface area contributed by atoms with Gasteiger partial charge in [-0.25, -0.2) is 0 Å². The molecule has 3 aromatic carbocycles. The molecule has 2 heterocycles. The van der Waals surface area contributed by atoms with Crippen molar-refractivity contribution < 1.29 is 9.59 Å². The lowest BCUT2D eigenvalue weighted by atomic mass is 9.95. The molecule has 0 aliphatic heterocycles. The molecule has 3 N–H and O–H groups in total. The Labute approximate surface area is 148 Å². The van der Waals surface area contributed by atoms with Gasteiger partial charge in [-0.05, 0) is 24.6 Å². The van der Waals surface area contributed by atoms with Crippen molar-refractivity contribution in [3.63, 3.8) is 0 Å². The number of aryl methyl sites for hydroxylation is 1. The van der Waals surface area contributed by atoms with Gasteiger partial charge >= 0.3 is 0 Å². The van der Waals surface area contributed by atoms with Gasteiger partial charge in [0.15, 0.2) is 0 Å². The summed E-state index contributed by atoms with van der Waals surface area (Å²) < 4.78 is 0. The largest absolute Gasteiger partial charge is 0.353 e. The van der Waals surface area contributed by atoms with Gasteiger partial charge in [0.25, 0.3) is 5.91 Å². The second-order valence-corrected chi connectivity index (χ2v) is 6.43. The van der Waals surface area contributed by atoms with Crippen LogP contribution in [-0.4, -0.2) is 22.3 Å². The van der Waals surface area contributed by atoms with E-state index in [9.17, 15) is 9.59 Å². The Hall–Kier alpha value is -3.60. The molecule has 0 saturated heterocycles. The van der Waals surface area contributed by atoms with E-state index in [0.717, 1.165) is 49.2 Å². The summed E-state index contributed by atoms with van der Waals surface area (Å²) in [6, 6.07) is 15.9. The van der Waals surface area contributed by atoms with Crippen molar-refractivity contribution in [2.24, 2.45) is 0 Å². The highest BCUT2D eigenvalue weighted by atomic mass is 16.2. The molecule has 2 aromatic heterocycles. The third-order valence-corrected chi connectivity index (χ3v) is 5.08. The number of benzene rings is 3.